The zero-order valence-corrected chi connectivity index (χ0v) is 9.97. The number of benzene rings is 1. The number of aromatic nitrogens is 1. The Morgan fingerprint density at radius 2 is 1.89 bits per heavy atom. The molecular formula is C14H15N3O. The van der Waals surface area contributed by atoms with Gasteiger partial charge < -0.3 is 11.1 Å². The normalized spacial score (nSPS) is 10.0. The first-order valence-corrected chi connectivity index (χ1v) is 5.79. The standard InChI is InChI=1S/C14H15N3O/c15-13-4-2-1-3-11(13)5-6-14(18)17-12-7-9-16-10-8-12/h1-4,7-10H,5-6,15H2,(H,16,17,18). The van der Waals surface area contributed by atoms with E-state index in [1.54, 1.807) is 24.5 Å². The number of carbonyl (C=O) groups excluding carboxylic acids is 1. The van der Waals surface area contributed by atoms with E-state index >= 15 is 0 Å². The molecular weight excluding hydrogens is 226 g/mol. The van der Waals surface area contributed by atoms with Gasteiger partial charge in [0.2, 0.25) is 5.91 Å². The van der Waals surface area contributed by atoms with Crippen LogP contribution in [-0.2, 0) is 11.2 Å². The zero-order valence-electron chi connectivity index (χ0n) is 9.97. The number of aryl methyl sites for hydroxylation is 1. The summed E-state index contributed by atoms with van der Waals surface area (Å²) in [5.41, 5.74) is 8.31. The predicted octanol–water partition coefficient (Wildman–Crippen LogP) is 2.24. The Hall–Kier alpha value is -2.36. The van der Waals surface area contributed by atoms with E-state index in [4.69, 9.17) is 5.73 Å². The van der Waals surface area contributed by atoms with Crippen molar-refractivity contribution in [2.75, 3.05) is 11.1 Å². The summed E-state index contributed by atoms with van der Waals surface area (Å²) < 4.78 is 0. The van der Waals surface area contributed by atoms with Crippen LogP contribution < -0.4 is 11.1 Å². The average molecular weight is 241 g/mol. The summed E-state index contributed by atoms with van der Waals surface area (Å²) in [5.74, 6) is -0.0237. The molecule has 2 rings (SSSR count). The summed E-state index contributed by atoms with van der Waals surface area (Å²) >= 11 is 0. The molecule has 0 saturated heterocycles. The SMILES string of the molecule is Nc1ccccc1CCC(=O)Nc1ccncc1. The number of hydrogen-bond acceptors (Lipinski definition) is 3. The predicted molar refractivity (Wildman–Crippen MR) is 72.0 cm³/mol. The Balaban J connectivity index is 1.88. The van der Waals surface area contributed by atoms with Gasteiger partial charge in [0.25, 0.3) is 0 Å². The number of hydrogen-bond donors (Lipinski definition) is 2. The van der Waals surface area contributed by atoms with Gasteiger partial charge in [-0.1, -0.05) is 18.2 Å². The number of para-hydroxylation sites is 1. The van der Waals surface area contributed by atoms with Crippen molar-refractivity contribution in [3.05, 3.63) is 54.4 Å². The molecule has 0 fully saturated rings. The molecule has 0 aliphatic carbocycles. The van der Waals surface area contributed by atoms with Crippen molar-refractivity contribution in [1.29, 1.82) is 0 Å². The Kier molecular flexibility index (Phi) is 3.91. The largest absolute Gasteiger partial charge is 0.399 e. The van der Waals surface area contributed by atoms with Crippen LogP contribution in [0.4, 0.5) is 11.4 Å². The Labute approximate surface area is 106 Å². The summed E-state index contributed by atoms with van der Waals surface area (Å²) in [6, 6.07) is 11.1. The van der Waals surface area contributed by atoms with Crippen molar-refractivity contribution in [2.24, 2.45) is 0 Å². The molecule has 0 unspecified atom stereocenters. The highest BCUT2D eigenvalue weighted by atomic mass is 16.1. The number of nitrogen functional groups attached to an aromatic ring is 1. The number of nitrogens with zero attached hydrogens (tertiary/aromatic N) is 1. The van der Waals surface area contributed by atoms with E-state index in [2.05, 4.69) is 10.3 Å². The average Bonchev–Trinajstić information content (AvgIpc) is 2.39. The van der Waals surface area contributed by atoms with E-state index in [1.807, 2.05) is 24.3 Å². The highest BCUT2D eigenvalue weighted by Crippen LogP contribution is 2.13. The third kappa shape index (κ3) is 3.31. The van der Waals surface area contributed by atoms with Crippen molar-refractivity contribution >= 4 is 17.3 Å². The molecule has 4 heteroatoms. The second-order valence-electron chi connectivity index (χ2n) is 3.98. The van der Waals surface area contributed by atoms with Crippen LogP contribution in [0.3, 0.4) is 0 Å². The lowest BCUT2D eigenvalue weighted by Crippen LogP contribution is -2.12. The third-order valence-electron chi connectivity index (χ3n) is 2.64. The minimum Gasteiger partial charge on any atom is -0.399 e. The maximum absolute atomic E-state index is 11.7. The monoisotopic (exact) mass is 241 g/mol. The number of amides is 1. The van der Waals surface area contributed by atoms with E-state index in [0.29, 0.717) is 12.8 Å². The molecule has 1 amide bonds. The van der Waals surface area contributed by atoms with Gasteiger partial charge in [0.05, 0.1) is 0 Å². The molecule has 3 N–H and O–H groups in total. The summed E-state index contributed by atoms with van der Waals surface area (Å²) in [7, 11) is 0. The van der Waals surface area contributed by atoms with Crippen molar-refractivity contribution in [1.82, 2.24) is 4.98 Å². The Morgan fingerprint density at radius 3 is 2.61 bits per heavy atom. The van der Waals surface area contributed by atoms with Crippen LogP contribution in [0, 0.1) is 0 Å². The molecule has 0 atom stereocenters. The number of carbonyl (C=O) groups is 1. The first kappa shape index (κ1) is 12.1. The van der Waals surface area contributed by atoms with Crippen LogP contribution in [-0.4, -0.2) is 10.9 Å². The fourth-order valence-electron chi connectivity index (χ4n) is 1.67. The maximum atomic E-state index is 11.7. The lowest BCUT2D eigenvalue weighted by molar-refractivity contribution is -0.116. The van der Waals surface area contributed by atoms with E-state index in [1.165, 1.54) is 0 Å². The lowest BCUT2D eigenvalue weighted by Gasteiger charge is -2.06. The minimum atomic E-state index is -0.0237. The maximum Gasteiger partial charge on any atom is 0.224 e. The summed E-state index contributed by atoms with van der Waals surface area (Å²) in [5, 5.41) is 2.81. The highest BCUT2D eigenvalue weighted by Gasteiger charge is 2.04. The van der Waals surface area contributed by atoms with E-state index in [-0.39, 0.29) is 5.91 Å². The highest BCUT2D eigenvalue weighted by molar-refractivity contribution is 5.90. The smallest absolute Gasteiger partial charge is 0.224 e. The van der Waals surface area contributed by atoms with Gasteiger partial charge in [-0.05, 0) is 30.2 Å². The van der Waals surface area contributed by atoms with Crippen LogP contribution >= 0.6 is 0 Å². The fraction of sp³-hybridized carbons (Fsp3) is 0.143. The first-order chi connectivity index (χ1) is 8.75. The number of nitrogens with two attached hydrogens (primary N) is 1. The summed E-state index contributed by atoms with van der Waals surface area (Å²) in [4.78, 5) is 15.6. The van der Waals surface area contributed by atoms with Crippen LogP contribution in [0.25, 0.3) is 0 Å². The van der Waals surface area contributed by atoms with Crippen molar-refractivity contribution in [2.45, 2.75) is 12.8 Å². The van der Waals surface area contributed by atoms with Crippen molar-refractivity contribution < 1.29 is 4.79 Å². The van der Waals surface area contributed by atoms with Crippen LogP contribution in [0.15, 0.2) is 48.8 Å². The van der Waals surface area contributed by atoms with Gasteiger partial charge >= 0.3 is 0 Å². The van der Waals surface area contributed by atoms with Gasteiger partial charge in [0.15, 0.2) is 0 Å². The van der Waals surface area contributed by atoms with Crippen molar-refractivity contribution in [3.63, 3.8) is 0 Å². The molecule has 1 aromatic carbocycles. The van der Waals surface area contributed by atoms with Crippen molar-refractivity contribution in [3.8, 4) is 0 Å². The molecule has 0 aliphatic heterocycles. The topological polar surface area (TPSA) is 68.0 Å². The molecule has 2 aromatic rings. The fourth-order valence-corrected chi connectivity index (χ4v) is 1.67. The van der Waals surface area contributed by atoms with Crippen LogP contribution in [0.5, 0.6) is 0 Å². The number of nitrogens with one attached hydrogen (secondary N) is 1. The van der Waals surface area contributed by atoms with Crippen LogP contribution in [0.2, 0.25) is 0 Å². The van der Waals surface area contributed by atoms with Gasteiger partial charge in [-0.2, -0.15) is 0 Å². The van der Waals surface area contributed by atoms with E-state index in [0.717, 1.165) is 16.9 Å². The molecule has 0 spiro atoms. The third-order valence-corrected chi connectivity index (χ3v) is 2.64. The van der Waals surface area contributed by atoms with Gasteiger partial charge in [-0.25, -0.2) is 0 Å². The first-order valence-electron chi connectivity index (χ1n) is 5.79. The Bertz CT molecular complexity index is 526. The molecule has 18 heavy (non-hydrogen) atoms. The van der Waals surface area contributed by atoms with Gasteiger partial charge in [0, 0.05) is 30.2 Å². The summed E-state index contributed by atoms with van der Waals surface area (Å²) in [6.07, 6.45) is 4.34. The second kappa shape index (κ2) is 5.82. The summed E-state index contributed by atoms with van der Waals surface area (Å²) in [6.45, 7) is 0. The number of pyridine rings is 1. The molecule has 0 radical (unpaired) electrons. The molecule has 4 nitrogen and oxygen atoms in total. The van der Waals surface area contributed by atoms with E-state index in [9.17, 15) is 4.79 Å². The molecule has 92 valence electrons. The Morgan fingerprint density at radius 1 is 1.17 bits per heavy atom. The molecule has 1 heterocycles. The van der Waals surface area contributed by atoms with Gasteiger partial charge in [0.1, 0.15) is 0 Å². The quantitative estimate of drug-likeness (QED) is 0.806. The lowest BCUT2D eigenvalue weighted by atomic mass is 10.1. The second-order valence-corrected chi connectivity index (χ2v) is 3.98. The number of anilines is 2. The minimum absolute atomic E-state index is 0.0237. The van der Waals surface area contributed by atoms with Gasteiger partial charge in [-0.15, -0.1) is 0 Å². The molecule has 1 aromatic heterocycles. The van der Waals surface area contributed by atoms with Gasteiger partial charge in [-0.3, -0.25) is 9.78 Å². The van der Waals surface area contributed by atoms with Crippen LogP contribution in [0.1, 0.15) is 12.0 Å². The number of rotatable bonds is 4. The van der Waals surface area contributed by atoms with E-state index < -0.39 is 0 Å². The molecule has 0 saturated carbocycles. The zero-order chi connectivity index (χ0) is 12.8. The molecule has 0 bridgehead atoms. The molecule has 0 aliphatic rings.